The van der Waals surface area contributed by atoms with Gasteiger partial charge >= 0.3 is 5.97 Å². The Kier molecular flexibility index (Phi) is 2.76. The van der Waals surface area contributed by atoms with Crippen molar-refractivity contribution in [1.29, 1.82) is 0 Å². The summed E-state index contributed by atoms with van der Waals surface area (Å²) in [6.07, 6.45) is 1.21. The molecule has 1 N–H and O–H groups in total. The van der Waals surface area contributed by atoms with Crippen LogP contribution in [0.4, 0.5) is 10.1 Å². The summed E-state index contributed by atoms with van der Waals surface area (Å²) in [7, 11) is 0. The highest BCUT2D eigenvalue weighted by molar-refractivity contribution is 5.85. The number of carboxylic acids is 1. The molecule has 0 saturated carbocycles. The summed E-state index contributed by atoms with van der Waals surface area (Å²) in [5.74, 6) is -1.95. The second kappa shape index (κ2) is 4.24. The Morgan fingerprint density at radius 2 is 2.17 bits per heavy atom. The number of nitro benzene ring substituents is 1. The van der Waals surface area contributed by atoms with Gasteiger partial charge in [0.1, 0.15) is 11.5 Å². The van der Waals surface area contributed by atoms with Crippen LogP contribution >= 0.6 is 0 Å². The van der Waals surface area contributed by atoms with Crippen LogP contribution in [0.1, 0.15) is 10.5 Å². The van der Waals surface area contributed by atoms with Gasteiger partial charge in [0.25, 0.3) is 5.69 Å². The number of aromatic carboxylic acids is 1. The fraction of sp³-hybridized carbons (Fsp3) is 0. The van der Waals surface area contributed by atoms with Crippen LogP contribution in [-0.4, -0.2) is 25.8 Å². The molecule has 0 fully saturated rings. The molecule has 18 heavy (non-hydrogen) atoms. The quantitative estimate of drug-likeness (QED) is 0.660. The van der Waals surface area contributed by atoms with Crippen molar-refractivity contribution in [3.8, 4) is 5.69 Å². The van der Waals surface area contributed by atoms with Crippen LogP contribution in [0.5, 0.6) is 0 Å². The maximum atomic E-state index is 13.1. The third-order valence-electron chi connectivity index (χ3n) is 2.19. The monoisotopic (exact) mass is 251 g/mol. The molecular weight excluding hydrogens is 245 g/mol. The Balaban J connectivity index is 2.57. The van der Waals surface area contributed by atoms with Crippen LogP contribution in [0.2, 0.25) is 0 Å². The Bertz CT molecular complexity index is 638. The molecule has 7 nitrogen and oxygen atoms in total. The fourth-order valence-corrected chi connectivity index (χ4v) is 1.41. The summed E-state index contributed by atoms with van der Waals surface area (Å²) in [4.78, 5) is 20.7. The van der Waals surface area contributed by atoms with Gasteiger partial charge in [0.2, 0.25) is 0 Å². The first-order chi connectivity index (χ1) is 8.49. The average molecular weight is 251 g/mol. The molecule has 2 rings (SSSR count). The van der Waals surface area contributed by atoms with E-state index in [9.17, 15) is 19.3 Å². The van der Waals surface area contributed by atoms with Gasteiger partial charge in [-0.2, -0.15) is 5.10 Å². The van der Waals surface area contributed by atoms with Crippen molar-refractivity contribution in [1.82, 2.24) is 9.78 Å². The number of nitrogens with zero attached hydrogens (tertiary/aromatic N) is 3. The van der Waals surface area contributed by atoms with Gasteiger partial charge in [-0.1, -0.05) is 0 Å². The summed E-state index contributed by atoms with van der Waals surface area (Å²) in [6.45, 7) is 0. The highest BCUT2D eigenvalue weighted by Crippen LogP contribution is 2.23. The molecule has 0 aliphatic carbocycles. The molecule has 0 spiro atoms. The number of carboxylic acid groups (broad SMARTS) is 1. The summed E-state index contributed by atoms with van der Waals surface area (Å²) in [5, 5.41) is 23.1. The third kappa shape index (κ3) is 2.03. The van der Waals surface area contributed by atoms with Crippen molar-refractivity contribution in [3.63, 3.8) is 0 Å². The standard InChI is InChI=1S/C10H6FN3O4/c11-6-1-2-8(14(17)18)9(5-6)13-4-3-7(12-13)10(15)16/h1-5H,(H,15,16). The third-order valence-corrected chi connectivity index (χ3v) is 2.19. The summed E-state index contributed by atoms with van der Waals surface area (Å²) < 4.78 is 14.0. The van der Waals surface area contributed by atoms with E-state index in [-0.39, 0.29) is 17.1 Å². The van der Waals surface area contributed by atoms with E-state index in [1.807, 2.05) is 0 Å². The van der Waals surface area contributed by atoms with Gasteiger partial charge in [0.05, 0.1) is 4.92 Å². The van der Waals surface area contributed by atoms with Crippen LogP contribution in [0.3, 0.4) is 0 Å². The van der Waals surface area contributed by atoms with Crippen molar-refractivity contribution in [2.24, 2.45) is 0 Å². The molecule has 0 amide bonds. The lowest BCUT2D eigenvalue weighted by Crippen LogP contribution is -2.04. The van der Waals surface area contributed by atoms with Crippen LogP contribution in [0.15, 0.2) is 30.5 Å². The lowest BCUT2D eigenvalue weighted by Gasteiger charge is -2.02. The maximum absolute atomic E-state index is 13.1. The van der Waals surface area contributed by atoms with Crippen molar-refractivity contribution in [3.05, 3.63) is 52.1 Å². The second-order valence-corrected chi connectivity index (χ2v) is 3.34. The molecule has 1 aromatic heterocycles. The predicted molar refractivity (Wildman–Crippen MR) is 57.1 cm³/mol. The fourth-order valence-electron chi connectivity index (χ4n) is 1.41. The van der Waals surface area contributed by atoms with Gasteiger partial charge < -0.3 is 5.11 Å². The van der Waals surface area contributed by atoms with Gasteiger partial charge in [0, 0.05) is 18.3 Å². The smallest absolute Gasteiger partial charge is 0.356 e. The molecule has 0 unspecified atom stereocenters. The molecule has 1 heterocycles. The molecule has 0 aliphatic rings. The summed E-state index contributed by atoms with van der Waals surface area (Å²) in [5.41, 5.74) is -0.780. The molecule has 0 atom stereocenters. The maximum Gasteiger partial charge on any atom is 0.356 e. The van der Waals surface area contributed by atoms with E-state index < -0.39 is 16.7 Å². The normalized spacial score (nSPS) is 10.3. The number of hydrogen-bond donors (Lipinski definition) is 1. The minimum Gasteiger partial charge on any atom is -0.476 e. The first-order valence-electron chi connectivity index (χ1n) is 4.72. The zero-order chi connectivity index (χ0) is 13.3. The molecule has 1 aromatic carbocycles. The minimum absolute atomic E-state index is 0.132. The average Bonchev–Trinajstić information content (AvgIpc) is 2.77. The number of aromatic nitrogens is 2. The lowest BCUT2D eigenvalue weighted by atomic mass is 10.2. The second-order valence-electron chi connectivity index (χ2n) is 3.34. The number of nitro groups is 1. The molecule has 0 saturated heterocycles. The van der Waals surface area contributed by atoms with E-state index in [4.69, 9.17) is 5.11 Å². The first-order valence-corrected chi connectivity index (χ1v) is 4.72. The van der Waals surface area contributed by atoms with E-state index in [1.54, 1.807) is 0 Å². The lowest BCUT2D eigenvalue weighted by molar-refractivity contribution is -0.384. The number of hydrogen-bond acceptors (Lipinski definition) is 4. The molecular formula is C10H6FN3O4. The van der Waals surface area contributed by atoms with Gasteiger partial charge in [-0.15, -0.1) is 0 Å². The minimum atomic E-state index is -1.27. The highest BCUT2D eigenvalue weighted by Gasteiger charge is 2.18. The van der Waals surface area contributed by atoms with E-state index in [0.717, 1.165) is 28.9 Å². The predicted octanol–water partition coefficient (Wildman–Crippen LogP) is 1.62. The van der Waals surface area contributed by atoms with Gasteiger partial charge in [-0.3, -0.25) is 10.1 Å². The number of halogens is 1. The van der Waals surface area contributed by atoms with Crippen LogP contribution in [0.25, 0.3) is 5.69 Å². The molecule has 0 aliphatic heterocycles. The Hall–Kier alpha value is -2.77. The Morgan fingerprint density at radius 1 is 1.44 bits per heavy atom. The van der Waals surface area contributed by atoms with Crippen molar-refractivity contribution < 1.29 is 19.2 Å². The van der Waals surface area contributed by atoms with E-state index in [2.05, 4.69) is 5.10 Å². The molecule has 0 radical (unpaired) electrons. The first kappa shape index (κ1) is 11.7. The zero-order valence-corrected chi connectivity index (χ0v) is 8.78. The number of benzene rings is 1. The Labute approximate surface area is 99.2 Å². The van der Waals surface area contributed by atoms with Crippen molar-refractivity contribution >= 4 is 11.7 Å². The summed E-state index contributed by atoms with van der Waals surface area (Å²) >= 11 is 0. The van der Waals surface area contributed by atoms with Crippen LogP contribution in [-0.2, 0) is 0 Å². The number of carbonyl (C=O) groups is 1. The zero-order valence-electron chi connectivity index (χ0n) is 8.78. The van der Waals surface area contributed by atoms with Crippen LogP contribution < -0.4 is 0 Å². The topological polar surface area (TPSA) is 98.3 Å². The number of rotatable bonds is 3. The van der Waals surface area contributed by atoms with Crippen LogP contribution in [0, 0.1) is 15.9 Å². The molecule has 8 heteroatoms. The summed E-state index contributed by atoms with van der Waals surface area (Å²) in [6, 6.07) is 4.02. The van der Waals surface area contributed by atoms with E-state index >= 15 is 0 Å². The van der Waals surface area contributed by atoms with Gasteiger partial charge in [-0.05, 0) is 12.1 Å². The van der Waals surface area contributed by atoms with Gasteiger partial charge in [0.15, 0.2) is 5.69 Å². The van der Waals surface area contributed by atoms with E-state index in [0.29, 0.717) is 0 Å². The molecule has 92 valence electrons. The SMILES string of the molecule is O=C(O)c1ccn(-c2cc(F)ccc2[N+](=O)[O-])n1. The largest absolute Gasteiger partial charge is 0.476 e. The van der Waals surface area contributed by atoms with Gasteiger partial charge in [-0.25, -0.2) is 13.9 Å². The van der Waals surface area contributed by atoms with E-state index in [1.165, 1.54) is 6.20 Å². The molecule has 2 aromatic rings. The molecule has 0 bridgehead atoms. The highest BCUT2D eigenvalue weighted by atomic mass is 19.1. The van der Waals surface area contributed by atoms with Crippen molar-refractivity contribution in [2.45, 2.75) is 0 Å². The van der Waals surface area contributed by atoms with Crippen molar-refractivity contribution in [2.75, 3.05) is 0 Å². The Morgan fingerprint density at radius 3 is 2.72 bits per heavy atom.